The summed E-state index contributed by atoms with van der Waals surface area (Å²) >= 11 is 0. The molecule has 1 aliphatic heterocycles. The first-order chi connectivity index (χ1) is 8.69. The third kappa shape index (κ3) is 1.89. The zero-order valence-corrected chi connectivity index (χ0v) is 10.3. The van der Waals surface area contributed by atoms with Crippen molar-refractivity contribution in [2.75, 3.05) is 18.0 Å². The molecule has 1 aromatic carbocycles. The average molecular weight is 250 g/mol. The first kappa shape index (κ1) is 11.9. The molecule has 2 fully saturated rings. The molecular formula is C14H19FN2O. The summed E-state index contributed by atoms with van der Waals surface area (Å²) in [7, 11) is 0. The number of rotatable bonds is 2. The van der Waals surface area contributed by atoms with E-state index in [2.05, 4.69) is 4.90 Å². The number of aliphatic hydroxyl groups excluding tert-OH is 1. The van der Waals surface area contributed by atoms with Gasteiger partial charge < -0.3 is 15.7 Å². The van der Waals surface area contributed by atoms with Crippen LogP contribution >= 0.6 is 0 Å². The van der Waals surface area contributed by atoms with Gasteiger partial charge in [-0.15, -0.1) is 0 Å². The Morgan fingerprint density at radius 3 is 2.83 bits per heavy atom. The Labute approximate surface area is 106 Å². The summed E-state index contributed by atoms with van der Waals surface area (Å²) in [4.78, 5) is 2.06. The fraction of sp³-hybridized carbons (Fsp3) is 0.571. The highest BCUT2D eigenvalue weighted by Crippen LogP contribution is 2.40. The quantitative estimate of drug-likeness (QED) is 0.836. The summed E-state index contributed by atoms with van der Waals surface area (Å²) in [5.74, 6) is 0.639. The third-order valence-corrected chi connectivity index (χ3v) is 4.41. The predicted octanol–water partition coefficient (Wildman–Crippen LogP) is 1.49. The van der Waals surface area contributed by atoms with E-state index in [-0.39, 0.29) is 11.9 Å². The van der Waals surface area contributed by atoms with E-state index in [1.807, 2.05) is 12.1 Å². The fourth-order valence-corrected chi connectivity index (χ4v) is 3.37. The van der Waals surface area contributed by atoms with Crippen LogP contribution in [0.1, 0.15) is 18.4 Å². The van der Waals surface area contributed by atoms with E-state index in [9.17, 15) is 9.50 Å². The van der Waals surface area contributed by atoms with Crippen LogP contribution in [0.15, 0.2) is 18.2 Å². The number of benzene rings is 1. The van der Waals surface area contributed by atoms with Gasteiger partial charge in [-0.25, -0.2) is 4.39 Å². The van der Waals surface area contributed by atoms with Crippen LogP contribution in [0.3, 0.4) is 0 Å². The van der Waals surface area contributed by atoms with Gasteiger partial charge in [0.25, 0.3) is 0 Å². The molecule has 1 aliphatic carbocycles. The van der Waals surface area contributed by atoms with Crippen molar-refractivity contribution in [2.24, 2.45) is 17.6 Å². The van der Waals surface area contributed by atoms with Gasteiger partial charge in [0, 0.05) is 25.6 Å². The minimum atomic E-state index is -0.202. The molecule has 1 saturated heterocycles. The van der Waals surface area contributed by atoms with E-state index in [0.717, 1.165) is 31.5 Å². The zero-order valence-electron chi connectivity index (χ0n) is 10.3. The molecule has 0 amide bonds. The van der Waals surface area contributed by atoms with Crippen LogP contribution in [-0.2, 0) is 6.54 Å². The summed E-state index contributed by atoms with van der Waals surface area (Å²) in [6.07, 6.45) is 1.76. The van der Waals surface area contributed by atoms with Gasteiger partial charge in [0.05, 0.1) is 11.8 Å². The van der Waals surface area contributed by atoms with Gasteiger partial charge in [-0.3, -0.25) is 0 Å². The number of hydrogen-bond donors (Lipinski definition) is 2. The molecule has 0 radical (unpaired) electrons. The third-order valence-electron chi connectivity index (χ3n) is 4.41. The molecule has 18 heavy (non-hydrogen) atoms. The number of fused-ring (bicyclic) bond motifs is 1. The summed E-state index contributed by atoms with van der Waals surface area (Å²) in [5.41, 5.74) is 6.96. The fourth-order valence-electron chi connectivity index (χ4n) is 3.37. The van der Waals surface area contributed by atoms with Crippen molar-refractivity contribution in [3.63, 3.8) is 0 Å². The Balaban J connectivity index is 1.80. The SMILES string of the molecule is NCc1ccc(N2CC3CCC(O)C3C2)c(F)c1. The summed E-state index contributed by atoms with van der Waals surface area (Å²) < 4.78 is 14.0. The highest BCUT2D eigenvalue weighted by molar-refractivity contribution is 5.50. The van der Waals surface area contributed by atoms with E-state index < -0.39 is 0 Å². The van der Waals surface area contributed by atoms with Crippen molar-refractivity contribution in [3.8, 4) is 0 Å². The maximum atomic E-state index is 14.0. The molecule has 1 heterocycles. The maximum absolute atomic E-state index is 14.0. The summed E-state index contributed by atoms with van der Waals surface area (Å²) in [6.45, 7) is 1.99. The van der Waals surface area contributed by atoms with Crippen LogP contribution in [-0.4, -0.2) is 24.3 Å². The van der Waals surface area contributed by atoms with E-state index >= 15 is 0 Å². The summed E-state index contributed by atoms with van der Waals surface area (Å²) in [6, 6.07) is 5.20. The van der Waals surface area contributed by atoms with E-state index in [1.54, 1.807) is 0 Å². The lowest BCUT2D eigenvalue weighted by Crippen LogP contribution is -2.25. The Kier molecular flexibility index (Phi) is 2.99. The minimum Gasteiger partial charge on any atom is -0.393 e. The second kappa shape index (κ2) is 4.52. The number of hydrogen-bond acceptors (Lipinski definition) is 3. The van der Waals surface area contributed by atoms with Crippen molar-refractivity contribution < 1.29 is 9.50 Å². The van der Waals surface area contributed by atoms with Gasteiger partial charge in [-0.1, -0.05) is 6.07 Å². The molecule has 3 nitrogen and oxygen atoms in total. The van der Waals surface area contributed by atoms with E-state index in [1.165, 1.54) is 6.07 Å². The van der Waals surface area contributed by atoms with Crippen molar-refractivity contribution in [1.82, 2.24) is 0 Å². The van der Waals surface area contributed by atoms with E-state index in [0.29, 0.717) is 24.1 Å². The zero-order chi connectivity index (χ0) is 12.7. The monoisotopic (exact) mass is 250 g/mol. The van der Waals surface area contributed by atoms with Gasteiger partial charge in [-0.05, 0) is 36.5 Å². The van der Waals surface area contributed by atoms with Crippen LogP contribution in [0.25, 0.3) is 0 Å². The number of aliphatic hydroxyl groups is 1. The van der Waals surface area contributed by atoms with E-state index in [4.69, 9.17) is 5.73 Å². The highest BCUT2D eigenvalue weighted by Gasteiger charge is 2.42. The molecule has 1 saturated carbocycles. The normalized spacial score (nSPS) is 30.8. The molecule has 3 N–H and O–H groups in total. The molecule has 0 bridgehead atoms. The van der Waals surface area contributed by atoms with Crippen LogP contribution in [0.4, 0.5) is 10.1 Å². The molecule has 0 aromatic heterocycles. The lowest BCUT2D eigenvalue weighted by molar-refractivity contribution is 0.133. The molecule has 0 spiro atoms. The van der Waals surface area contributed by atoms with Gasteiger partial charge in [0.15, 0.2) is 0 Å². The van der Waals surface area contributed by atoms with Crippen LogP contribution < -0.4 is 10.6 Å². The Morgan fingerprint density at radius 1 is 1.33 bits per heavy atom. The van der Waals surface area contributed by atoms with Crippen molar-refractivity contribution in [1.29, 1.82) is 0 Å². The molecule has 3 rings (SSSR count). The van der Waals surface area contributed by atoms with Crippen molar-refractivity contribution in [2.45, 2.75) is 25.5 Å². The van der Waals surface area contributed by atoms with Gasteiger partial charge in [-0.2, -0.15) is 0 Å². The first-order valence-corrected chi connectivity index (χ1v) is 6.60. The van der Waals surface area contributed by atoms with Crippen LogP contribution in [0.2, 0.25) is 0 Å². The first-order valence-electron chi connectivity index (χ1n) is 6.60. The molecule has 4 heteroatoms. The molecule has 3 atom stereocenters. The molecular weight excluding hydrogens is 231 g/mol. The second-order valence-electron chi connectivity index (χ2n) is 5.46. The highest BCUT2D eigenvalue weighted by atomic mass is 19.1. The smallest absolute Gasteiger partial charge is 0.146 e. The van der Waals surface area contributed by atoms with Crippen molar-refractivity contribution in [3.05, 3.63) is 29.6 Å². The van der Waals surface area contributed by atoms with Crippen LogP contribution in [0.5, 0.6) is 0 Å². The molecule has 3 unspecified atom stereocenters. The number of nitrogens with zero attached hydrogens (tertiary/aromatic N) is 1. The van der Waals surface area contributed by atoms with Gasteiger partial charge in [0.2, 0.25) is 0 Å². The van der Waals surface area contributed by atoms with Gasteiger partial charge >= 0.3 is 0 Å². The van der Waals surface area contributed by atoms with Crippen molar-refractivity contribution >= 4 is 5.69 Å². The maximum Gasteiger partial charge on any atom is 0.146 e. The minimum absolute atomic E-state index is 0.201. The predicted molar refractivity (Wildman–Crippen MR) is 68.7 cm³/mol. The average Bonchev–Trinajstić information content (AvgIpc) is 2.92. The lowest BCUT2D eigenvalue weighted by atomic mass is 10.00. The lowest BCUT2D eigenvalue weighted by Gasteiger charge is -2.21. The number of nitrogens with two attached hydrogens (primary N) is 1. The molecule has 98 valence electrons. The number of halogens is 1. The molecule has 1 aromatic rings. The Hall–Kier alpha value is -1.13. The van der Waals surface area contributed by atoms with Crippen LogP contribution in [0, 0.1) is 17.7 Å². The second-order valence-corrected chi connectivity index (χ2v) is 5.46. The topological polar surface area (TPSA) is 49.5 Å². The molecule has 2 aliphatic rings. The number of anilines is 1. The standard InChI is InChI=1S/C14H19FN2O/c15-12-5-9(6-16)1-3-13(12)17-7-10-2-4-14(18)11(10)8-17/h1,3,5,10-11,14,18H,2,4,6-8,16H2. The largest absolute Gasteiger partial charge is 0.393 e. The Morgan fingerprint density at radius 2 is 2.17 bits per heavy atom. The Bertz CT molecular complexity index is 451. The van der Waals surface area contributed by atoms with Gasteiger partial charge in [0.1, 0.15) is 5.82 Å². The summed E-state index contributed by atoms with van der Waals surface area (Å²) in [5, 5.41) is 9.88.